The molecular formula is C12H16BrNO. The number of hydrogen-bond acceptors (Lipinski definition) is 2. The van der Waals surface area contributed by atoms with Gasteiger partial charge in [0.2, 0.25) is 0 Å². The molecule has 1 aliphatic rings. The molecule has 2 nitrogen and oxygen atoms in total. The van der Waals surface area contributed by atoms with Crippen LogP contribution < -0.4 is 5.73 Å². The van der Waals surface area contributed by atoms with Gasteiger partial charge in [-0.25, -0.2) is 0 Å². The van der Waals surface area contributed by atoms with E-state index in [2.05, 4.69) is 28.9 Å². The molecule has 0 heterocycles. The highest BCUT2D eigenvalue weighted by Gasteiger charge is 2.45. The predicted molar refractivity (Wildman–Crippen MR) is 65.2 cm³/mol. The molecule has 0 aliphatic heterocycles. The van der Waals surface area contributed by atoms with Gasteiger partial charge < -0.3 is 10.8 Å². The van der Waals surface area contributed by atoms with Gasteiger partial charge in [-0.1, -0.05) is 6.07 Å². The molecule has 1 fully saturated rings. The van der Waals surface area contributed by atoms with E-state index in [1.54, 1.807) is 0 Å². The molecule has 1 saturated carbocycles. The first-order valence-electron chi connectivity index (χ1n) is 5.21. The highest BCUT2D eigenvalue weighted by atomic mass is 79.9. The lowest BCUT2D eigenvalue weighted by Crippen LogP contribution is -2.20. The minimum atomic E-state index is 0.0467. The van der Waals surface area contributed by atoms with Gasteiger partial charge in [0, 0.05) is 17.5 Å². The smallest absolute Gasteiger partial charge is 0.133 e. The predicted octanol–water partition coefficient (Wildman–Crippen LogP) is 2.76. The molecule has 1 aromatic carbocycles. The monoisotopic (exact) mass is 269 g/mol. The van der Waals surface area contributed by atoms with Crippen LogP contribution in [0.1, 0.15) is 29.5 Å². The lowest BCUT2D eigenvalue weighted by molar-refractivity contribution is 0.454. The minimum absolute atomic E-state index is 0.0467. The molecule has 0 bridgehead atoms. The van der Waals surface area contributed by atoms with Crippen molar-refractivity contribution in [3.63, 3.8) is 0 Å². The van der Waals surface area contributed by atoms with Gasteiger partial charge >= 0.3 is 0 Å². The molecule has 15 heavy (non-hydrogen) atoms. The van der Waals surface area contributed by atoms with E-state index < -0.39 is 0 Å². The lowest BCUT2D eigenvalue weighted by atomic mass is 9.92. The van der Waals surface area contributed by atoms with Crippen molar-refractivity contribution in [1.82, 2.24) is 0 Å². The van der Waals surface area contributed by atoms with Gasteiger partial charge in [0.15, 0.2) is 0 Å². The Hall–Kier alpha value is -0.540. The zero-order valence-corrected chi connectivity index (χ0v) is 10.7. The third-order valence-corrected chi connectivity index (χ3v) is 4.53. The summed E-state index contributed by atoms with van der Waals surface area (Å²) in [5, 5.41) is 10.1. The van der Waals surface area contributed by atoms with Crippen molar-refractivity contribution >= 4 is 15.9 Å². The highest BCUT2D eigenvalue weighted by molar-refractivity contribution is 9.10. The number of nitrogens with two attached hydrogens (primary N) is 1. The molecule has 3 heteroatoms. The number of hydrogen-bond donors (Lipinski definition) is 2. The zero-order valence-electron chi connectivity index (χ0n) is 9.10. The van der Waals surface area contributed by atoms with Crippen LogP contribution in [0.3, 0.4) is 0 Å². The summed E-state index contributed by atoms with van der Waals surface area (Å²) in [5.74, 6) is 0.376. The molecule has 0 saturated heterocycles. The van der Waals surface area contributed by atoms with E-state index in [0.29, 0.717) is 12.3 Å². The van der Waals surface area contributed by atoms with Gasteiger partial charge in [0.05, 0.1) is 4.47 Å². The summed E-state index contributed by atoms with van der Waals surface area (Å²) in [6, 6.07) is 2.08. The molecule has 1 aliphatic carbocycles. The summed E-state index contributed by atoms with van der Waals surface area (Å²) in [4.78, 5) is 0. The molecule has 0 atom stereocenters. The summed E-state index contributed by atoms with van der Waals surface area (Å²) in [6.07, 6.45) is 2.18. The fraction of sp³-hybridized carbons (Fsp3) is 0.500. The first-order chi connectivity index (χ1) is 7.02. The van der Waals surface area contributed by atoms with Crippen molar-refractivity contribution in [3.8, 4) is 5.75 Å². The summed E-state index contributed by atoms with van der Waals surface area (Å²) in [5.41, 5.74) is 9.15. The Labute approximate surface area is 98.6 Å². The number of aromatic hydroxyl groups is 1. The molecular weight excluding hydrogens is 254 g/mol. The van der Waals surface area contributed by atoms with Crippen molar-refractivity contribution in [3.05, 3.63) is 27.2 Å². The summed E-state index contributed by atoms with van der Waals surface area (Å²) in [6.45, 7) is 4.69. The third-order valence-electron chi connectivity index (χ3n) is 3.56. The van der Waals surface area contributed by atoms with E-state index in [-0.39, 0.29) is 5.41 Å². The molecule has 0 aromatic heterocycles. The summed E-state index contributed by atoms with van der Waals surface area (Å²) in [7, 11) is 0. The fourth-order valence-electron chi connectivity index (χ4n) is 2.00. The van der Waals surface area contributed by atoms with E-state index in [0.717, 1.165) is 28.4 Å². The molecule has 3 N–H and O–H groups in total. The Morgan fingerprint density at radius 2 is 2.07 bits per heavy atom. The maximum atomic E-state index is 10.1. The fourth-order valence-corrected chi connectivity index (χ4v) is 2.53. The third kappa shape index (κ3) is 1.58. The number of rotatable bonds is 2. The molecule has 0 unspecified atom stereocenters. The topological polar surface area (TPSA) is 46.2 Å². The number of aryl methyl sites for hydroxylation is 1. The number of phenols is 1. The average Bonchev–Trinajstić information content (AvgIpc) is 3.01. The number of phenolic OH excluding ortho intramolecular Hbond substituents is 1. The summed E-state index contributed by atoms with van der Waals surface area (Å²) < 4.78 is 0.817. The van der Waals surface area contributed by atoms with E-state index in [1.165, 1.54) is 5.56 Å². The van der Waals surface area contributed by atoms with Crippen LogP contribution in [0.4, 0.5) is 0 Å². The van der Waals surface area contributed by atoms with Crippen LogP contribution in [0, 0.1) is 13.8 Å². The molecule has 82 valence electrons. The van der Waals surface area contributed by atoms with Gasteiger partial charge in [-0.15, -0.1) is 0 Å². The standard InChI is InChI=1S/C12H16BrNO/c1-7-5-9(12(6-14)3-4-12)11(15)10(13)8(7)2/h5,15H,3-4,6,14H2,1-2H3. The Bertz CT molecular complexity index is 411. The molecule has 1 aromatic rings. The Kier molecular flexibility index (Phi) is 2.55. The zero-order chi connectivity index (χ0) is 11.2. The SMILES string of the molecule is Cc1cc(C2(CN)CC2)c(O)c(Br)c1C. The van der Waals surface area contributed by atoms with E-state index >= 15 is 0 Å². The second-order valence-corrected chi connectivity index (χ2v) is 5.31. The normalized spacial score (nSPS) is 17.9. The molecule has 2 rings (SSSR count). The Morgan fingerprint density at radius 1 is 1.47 bits per heavy atom. The maximum Gasteiger partial charge on any atom is 0.133 e. The Morgan fingerprint density at radius 3 is 2.53 bits per heavy atom. The van der Waals surface area contributed by atoms with Crippen LogP contribution in [0.2, 0.25) is 0 Å². The maximum absolute atomic E-state index is 10.1. The van der Waals surface area contributed by atoms with Gasteiger partial charge in [-0.2, -0.15) is 0 Å². The van der Waals surface area contributed by atoms with Crippen molar-refractivity contribution in [2.45, 2.75) is 32.1 Å². The lowest BCUT2D eigenvalue weighted by Gasteiger charge is -2.18. The van der Waals surface area contributed by atoms with Crippen LogP contribution in [0.25, 0.3) is 0 Å². The second kappa shape index (κ2) is 3.49. The van der Waals surface area contributed by atoms with E-state index in [4.69, 9.17) is 5.73 Å². The van der Waals surface area contributed by atoms with Crippen LogP contribution >= 0.6 is 15.9 Å². The van der Waals surface area contributed by atoms with Crippen molar-refractivity contribution in [2.75, 3.05) is 6.54 Å². The van der Waals surface area contributed by atoms with Crippen LogP contribution in [0.15, 0.2) is 10.5 Å². The number of benzene rings is 1. The first kappa shape index (κ1) is 11.0. The summed E-state index contributed by atoms with van der Waals surface area (Å²) >= 11 is 3.44. The van der Waals surface area contributed by atoms with Gasteiger partial charge in [-0.3, -0.25) is 0 Å². The second-order valence-electron chi connectivity index (χ2n) is 4.51. The van der Waals surface area contributed by atoms with Crippen LogP contribution in [-0.2, 0) is 5.41 Å². The number of halogens is 1. The van der Waals surface area contributed by atoms with Crippen molar-refractivity contribution in [1.29, 1.82) is 0 Å². The average molecular weight is 270 g/mol. The minimum Gasteiger partial charge on any atom is -0.506 e. The van der Waals surface area contributed by atoms with Gasteiger partial charge in [0.1, 0.15) is 5.75 Å². The van der Waals surface area contributed by atoms with Gasteiger partial charge in [0.25, 0.3) is 0 Å². The van der Waals surface area contributed by atoms with E-state index in [9.17, 15) is 5.11 Å². The Balaban J connectivity index is 2.58. The highest BCUT2D eigenvalue weighted by Crippen LogP contribution is 2.52. The quantitative estimate of drug-likeness (QED) is 0.868. The largest absolute Gasteiger partial charge is 0.506 e. The molecule has 0 radical (unpaired) electrons. The van der Waals surface area contributed by atoms with Crippen molar-refractivity contribution in [2.24, 2.45) is 5.73 Å². The van der Waals surface area contributed by atoms with Crippen molar-refractivity contribution < 1.29 is 5.11 Å². The van der Waals surface area contributed by atoms with Crippen LogP contribution in [-0.4, -0.2) is 11.7 Å². The van der Waals surface area contributed by atoms with Crippen LogP contribution in [0.5, 0.6) is 5.75 Å². The molecule has 0 amide bonds. The van der Waals surface area contributed by atoms with Gasteiger partial charge in [-0.05, 0) is 53.7 Å². The van der Waals surface area contributed by atoms with E-state index in [1.807, 2.05) is 6.92 Å². The molecule has 0 spiro atoms. The first-order valence-corrected chi connectivity index (χ1v) is 6.00.